The average molecular weight is 409 g/mol. The predicted octanol–water partition coefficient (Wildman–Crippen LogP) is 3.94. The second-order valence-electron chi connectivity index (χ2n) is 7.50. The summed E-state index contributed by atoms with van der Waals surface area (Å²) in [5.41, 5.74) is 2.55. The molecule has 3 aromatic rings. The zero-order valence-electron chi connectivity index (χ0n) is 17.2. The number of carbonyl (C=O) groups excluding carboxylic acids is 1. The molecule has 156 valence electrons. The summed E-state index contributed by atoms with van der Waals surface area (Å²) in [6, 6.07) is 15.2. The topological polar surface area (TPSA) is 56.6 Å². The van der Waals surface area contributed by atoms with Crippen LogP contribution in [0.3, 0.4) is 0 Å². The van der Waals surface area contributed by atoms with E-state index >= 15 is 0 Å². The summed E-state index contributed by atoms with van der Waals surface area (Å²) >= 11 is 0. The molecule has 6 nitrogen and oxygen atoms in total. The van der Waals surface area contributed by atoms with Crippen LogP contribution < -0.4 is 4.74 Å². The molecule has 7 heteroatoms. The molecule has 0 radical (unpaired) electrons. The van der Waals surface area contributed by atoms with E-state index in [1.54, 1.807) is 34.9 Å². The summed E-state index contributed by atoms with van der Waals surface area (Å²) < 4.78 is 26.0. The van der Waals surface area contributed by atoms with Crippen LogP contribution in [0.4, 0.5) is 4.39 Å². The number of hydrogen-bond acceptors (Lipinski definition) is 4. The van der Waals surface area contributed by atoms with E-state index in [4.69, 9.17) is 9.47 Å². The van der Waals surface area contributed by atoms with Crippen LogP contribution in [-0.2, 0) is 4.74 Å². The number of hydrogen-bond donors (Lipinski definition) is 0. The van der Waals surface area contributed by atoms with Gasteiger partial charge in [0.2, 0.25) is 0 Å². The SMILES string of the molecule is COc1ccc(-c2cc(C(=O)N3CC(C)OC(C)C3)n(-c3ccc(F)cc3)n2)cc1. The van der Waals surface area contributed by atoms with Gasteiger partial charge in [-0.25, -0.2) is 9.07 Å². The number of aromatic nitrogens is 2. The van der Waals surface area contributed by atoms with Gasteiger partial charge in [0.1, 0.15) is 17.3 Å². The highest BCUT2D eigenvalue weighted by atomic mass is 19.1. The van der Waals surface area contributed by atoms with Gasteiger partial charge in [0.25, 0.3) is 5.91 Å². The minimum atomic E-state index is -0.343. The van der Waals surface area contributed by atoms with Crippen LogP contribution in [0.2, 0.25) is 0 Å². The van der Waals surface area contributed by atoms with Crippen molar-refractivity contribution in [2.75, 3.05) is 20.2 Å². The Bertz CT molecular complexity index is 1020. The van der Waals surface area contributed by atoms with Crippen molar-refractivity contribution in [3.63, 3.8) is 0 Å². The summed E-state index contributed by atoms with van der Waals surface area (Å²) in [6.07, 6.45) is -0.0816. The standard InChI is InChI=1S/C23H24FN3O3/c1-15-13-26(14-16(2)30-15)23(28)22-12-21(17-4-10-20(29-3)11-5-17)25-27(22)19-8-6-18(24)7-9-19/h4-12,15-16H,13-14H2,1-3H3. The number of benzene rings is 2. The second kappa shape index (κ2) is 8.28. The van der Waals surface area contributed by atoms with Gasteiger partial charge in [-0.15, -0.1) is 0 Å². The third-order valence-corrected chi connectivity index (χ3v) is 5.09. The monoisotopic (exact) mass is 409 g/mol. The van der Waals surface area contributed by atoms with Crippen LogP contribution >= 0.6 is 0 Å². The van der Waals surface area contributed by atoms with Crippen LogP contribution in [-0.4, -0.2) is 53.0 Å². The summed E-state index contributed by atoms with van der Waals surface area (Å²) in [5.74, 6) is 0.267. The third kappa shape index (κ3) is 4.07. The molecule has 1 aliphatic heterocycles. The van der Waals surface area contributed by atoms with E-state index in [2.05, 4.69) is 5.10 Å². The fourth-order valence-electron chi connectivity index (χ4n) is 3.72. The number of amides is 1. The Morgan fingerprint density at radius 2 is 1.70 bits per heavy atom. The van der Waals surface area contributed by atoms with Gasteiger partial charge in [0.15, 0.2) is 0 Å². The van der Waals surface area contributed by atoms with Gasteiger partial charge < -0.3 is 14.4 Å². The first-order valence-corrected chi connectivity index (χ1v) is 9.90. The van der Waals surface area contributed by atoms with Gasteiger partial charge in [0, 0.05) is 18.7 Å². The fourth-order valence-corrected chi connectivity index (χ4v) is 3.72. The van der Waals surface area contributed by atoms with Crippen molar-refractivity contribution < 1.29 is 18.7 Å². The van der Waals surface area contributed by atoms with Gasteiger partial charge in [-0.3, -0.25) is 4.79 Å². The molecule has 2 heterocycles. The zero-order valence-corrected chi connectivity index (χ0v) is 17.2. The Labute approximate surface area is 174 Å². The lowest BCUT2D eigenvalue weighted by atomic mass is 10.1. The first-order valence-electron chi connectivity index (χ1n) is 9.90. The largest absolute Gasteiger partial charge is 0.497 e. The quantitative estimate of drug-likeness (QED) is 0.655. The maximum atomic E-state index is 13.4. The van der Waals surface area contributed by atoms with Gasteiger partial charge in [0.05, 0.1) is 30.7 Å². The maximum absolute atomic E-state index is 13.4. The minimum Gasteiger partial charge on any atom is -0.497 e. The molecule has 4 rings (SSSR count). The number of ether oxygens (including phenoxy) is 2. The van der Waals surface area contributed by atoms with Crippen LogP contribution in [0.25, 0.3) is 16.9 Å². The number of methoxy groups -OCH3 is 1. The minimum absolute atomic E-state index is 0.0408. The second-order valence-corrected chi connectivity index (χ2v) is 7.50. The van der Waals surface area contributed by atoms with Crippen molar-refractivity contribution in [1.29, 1.82) is 0 Å². The summed E-state index contributed by atoms with van der Waals surface area (Å²) in [7, 11) is 1.61. The number of nitrogens with zero attached hydrogens (tertiary/aromatic N) is 3. The maximum Gasteiger partial charge on any atom is 0.272 e. The van der Waals surface area contributed by atoms with Gasteiger partial charge >= 0.3 is 0 Å². The molecular weight excluding hydrogens is 385 g/mol. The van der Waals surface area contributed by atoms with Crippen molar-refractivity contribution in [2.45, 2.75) is 26.1 Å². The molecule has 0 bridgehead atoms. The van der Waals surface area contributed by atoms with Gasteiger partial charge in [-0.2, -0.15) is 5.10 Å². The smallest absolute Gasteiger partial charge is 0.272 e. The predicted molar refractivity (Wildman–Crippen MR) is 111 cm³/mol. The van der Waals surface area contributed by atoms with Crippen molar-refractivity contribution >= 4 is 5.91 Å². The lowest BCUT2D eigenvalue weighted by molar-refractivity contribution is -0.0588. The lowest BCUT2D eigenvalue weighted by Gasteiger charge is -2.35. The molecule has 0 spiro atoms. The number of carbonyl (C=O) groups is 1. The summed E-state index contributed by atoms with van der Waals surface area (Å²) in [6.45, 7) is 4.93. The van der Waals surface area contributed by atoms with E-state index in [1.807, 2.05) is 38.1 Å². The van der Waals surface area contributed by atoms with Crippen LogP contribution in [0.5, 0.6) is 5.75 Å². The zero-order chi connectivity index (χ0) is 21.3. The molecule has 1 aromatic heterocycles. The van der Waals surface area contributed by atoms with E-state index in [0.29, 0.717) is 30.2 Å². The van der Waals surface area contributed by atoms with Crippen molar-refractivity contribution in [1.82, 2.24) is 14.7 Å². The average Bonchev–Trinajstić information content (AvgIpc) is 3.18. The molecule has 1 amide bonds. The Balaban J connectivity index is 1.75. The lowest BCUT2D eigenvalue weighted by Crippen LogP contribution is -2.48. The van der Waals surface area contributed by atoms with Crippen molar-refractivity contribution in [3.05, 3.63) is 66.1 Å². The summed E-state index contributed by atoms with van der Waals surface area (Å²) in [5, 5.41) is 4.66. The highest BCUT2D eigenvalue weighted by Gasteiger charge is 2.29. The molecule has 30 heavy (non-hydrogen) atoms. The Hall–Kier alpha value is -3.19. The molecule has 0 N–H and O–H groups in total. The first kappa shape index (κ1) is 20.1. The molecule has 1 fully saturated rings. The number of morpholine rings is 1. The van der Waals surface area contributed by atoms with Gasteiger partial charge in [-0.1, -0.05) is 0 Å². The van der Waals surface area contributed by atoms with E-state index < -0.39 is 0 Å². The molecule has 2 atom stereocenters. The van der Waals surface area contributed by atoms with E-state index in [1.165, 1.54) is 12.1 Å². The first-order chi connectivity index (χ1) is 14.4. The van der Waals surface area contributed by atoms with E-state index in [0.717, 1.165) is 11.3 Å². The van der Waals surface area contributed by atoms with Gasteiger partial charge in [-0.05, 0) is 68.4 Å². The van der Waals surface area contributed by atoms with Crippen molar-refractivity contribution in [3.8, 4) is 22.7 Å². The van der Waals surface area contributed by atoms with E-state index in [9.17, 15) is 9.18 Å². The Morgan fingerprint density at radius 3 is 2.30 bits per heavy atom. The number of halogens is 1. The van der Waals surface area contributed by atoms with E-state index in [-0.39, 0.29) is 23.9 Å². The number of rotatable bonds is 4. The highest BCUT2D eigenvalue weighted by Crippen LogP contribution is 2.25. The van der Waals surface area contributed by atoms with Crippen LogP contribution in [0.15, 0.2) is 54.6 Å². The molecule has 0 aliphatic carbocycles. The summed E-state index contributed by atoms with van der Waals surface area (Å²) in [4.78, 5) is 15.2. The molecule has 2 aromatic carbocycles. The molecule has 2 unspecified atom stereocenters. The third-order valence-electron chi connectivity index (χ3n) is 5.09. The Kier molecular flexibility index (Phi) is 5.55. The van der Waals surface area contributed by atoms with Crippen LogP contribution in [0.1, 0.15) is 24.3 Å². The Morgan fingerprint density at radius 1 is 1.07 bits per heavy atom. The molecule has 0 saturated carbocycles. The molecule has 1 saturated heterocycles. The van der Waals surface area contributed by atoms with Crippen molar-refractivity contribution in [2.24, 2.45) is 0 Å². The highest BCUT2D eigenvalue weighted by molar-refractivity contribution is 5.94. The normalized spacial score (nSPS) is 19.0. The molecular formula is C23H24FN3O3. The molecule has 1 aliphatic rings. The fraction of sp³-hybridized carbons (Fsp3) is 0.304. The van der Waals surface area contributed by atoms with Crippen LogP contribution in [0, 0.1) is 5.82 Å².